The second kappa shape index (κ2) is 7.06. The number of anilines is 1. The summed E-state index contributed by atoms with van der Waals surface area (Å²) in [6, 6.07) is 4.45. The molecular formula is C15H21N3O3. The van der Waals surface area contributed by atoms with E-state index in [9.17, 15) is 14.9 Å². The van der Waals surface area contributed by atoms with Gasteiger partial charge in [-0.25, -0.2) is 0 Å². The molecule has 0 radical (unpaired) electrons. The molecule has 1 amide bonds. The average Bonchev–Trinajstić information content (AvgIpc) is 2.98. The Morgan fingerprint density at radius 2 is 2.10 bits per heavy atom. The van der Waals surface area contributed by atoms with E-state index in [1.165, 1.54) is 25.0 Å². The number of nitrogens with one attached hydrogen (secondary N) is 2. The standard InChI is InChI=1S/C15H21N3O3/c1-2-16-15(19)12-7-8-14(18(20)21)13(9-12)17-10-11-5-3-4-6-11/h7-9,11,17H,2-6,10H2,1H3,(H,16,19). The van der Waals surface area contributed by atoms with Crippen molar-refractivity contribution in [2.75, 3.05) is 18.4 Å². The molecule has 0 heterocycles. The first-order chi connectivity index (χ1) is 10.1. The van der Waals surface area contributed by atoms with Gasteiger partial charge in [0, 0.05) is 24.7 Å². The van der Waals surface area contributed by atoms with Gasteiger partial charge < -0.3 is 10.6 Å². The molecule has 0 spiro atoms. The predicted molar refractivity (Wildman–Crippen MR) is 81.6 cm³/mol. The first kappa shape index (κ1) is 15.3. The fourth-order valence-electron chi connectivity index (χ4n) is 2.71. The lowest BCUT2D eigenvalue weighted by Gasteiger charge is -2.13. The highest BCUT2D eigenvalue weighted by atomic mass is 16.6. The molecule has 0 aromatic heterocycles. The summed E-state index contributed by atoms with van der Waals surface area (Å²) in [6.07, 6.45) is 4.79. The first-order valence-corrected chi connectivity index (χ1v) is 7.42. The van der Waals surface area contributed by atoms with Crippen LogP contribution in [0.1, 0.15) is 43.0 Å². The van der Waals surface area contributed by atoms with Crippen molar-refractivity contribution in [3.8, 4) is 0 Å². The van der Waals surface area contributed by atoms with Gasteiger partial charge in [-0.3, -0.25) is 14.9 Å². The Morgan fingerprint density at radius 3 is 2.71 bits per heavy atom. The number of nitro groups is 1. The van der Waals surface area contributed by atoms with Gasteiger partial charge >= 0.3 is 0 Å². The van der Waals surface area contributed by atoms with Gasteiger partial charge in [-0.1, -0.05) is 12.8 Å². The number of hydrogen-bond donors (Lipinski definition) is 2. The second-order valence-corrected chi connectivity index (χ2v) is 5.38. The molecule has 1 fully saturated rings. The van der Waals surface area contributed by atoms with Crippen molar-refractivity contribution in [1.29, 1.82) is 0 Å². The van der Waals surface area contributed by atoms with Crippen molar-refractivity contribution in [2.45, 2.75) is 32.6 Å². The SMILES string of the molecule is CCNC(=O)c1ccc([N+](=O)[O-])c(NCC2CCCC2)c1. The summed E-state index contributed by atoms with van der Waals surface area (Å²) in [4.78, 5) is 22.5. The molecule has 0 atom stereocenters. The molecule has 0 saturated heterocycles. The van der Waals surface area contributed by atoms with Crippen molar-refractivity contribution in [2.24, 2.45) is 5.92 Å². The highest BCUT2D eigenvalue weighted by Crippen LogP contribution is 2.29. The normalized spacial score (nSPS) is 14.9. The minimum Gasteiger partial charge on any atom is -0.379 e. The van der Waals surface area contributed by atoms with Crippen LogP contribution in [0.5, 0.6) is 0 Å². The maximum Gasteiger partial charge on any atom is 0.292 e. The molecule has 6 heteroatoms. The third-order valence-electron chi connectivity index (χ3n) is 3.85. The Hall–Kier alpha value is -2.11. The maximum atomic E-state index is 11.8. The van der Waals surface area contributed by atoms with Crippen LogP contribution in [0.4, 0.5) is 11.4 Å². The van der Waals surface area contributed by atoms with E-state index in [1.54, 1.807) is 6.07 Å². The molecule has 1 aliphatic rings. The second-order valence-electron chi connectivity index (χ2n) is 5.38. The van der Waals surface area contributed by atoms with E-state index in [0.29, 0.717) is 23.7 Å². The molecule has 1 aliphatic carbocycles. The lowest BCUT2D eigenvalue weighted by molar-refractivity contribution is -0.384. The van der Waals surface area contributed by atoms with Gasteiger partial charge in [-0.2, -0.15) is 0 Å². The number of nitrogens with zero attached hydrogens (tertiary/aromatic N) is 1. The monoisotopic (exact) mass is 291 g/mol. The molecule has 1 aromatic carbocycles. The van der Waals surface area contributed by atoms with E-state index in [-0.39, 0.29) is 11.6 Å². The summed E-state index contributed by atoms with van der Waals surface area (Å²) in [5.74, 6) is 0.356. The van der Waals surface area contributed by atoms with Crippen LogP contribution in [-0.2, 0) is 0 Å². The lowest BCUT2D eigenvalue weighted by Crippen LogP contribution is -2.23. The van der Waals surface area contributed by atoms with Crippen molar-refractivity contribution in [3.63, 3.8) is 0 Å². The van der Waals surface area contributed by atoms with Gasteiger partial charge in [-0.05, 0) is 37.8 Å². The fourth-order valence-corrected chi connectivity index (χ4v) is 2.71. The Morgan fingerprint density at radius 1 is 1.38 bits per heavy atom. The zero-order chi connectivity index (χ0) is 15.2. The molecule has 114 valence electrons. The Labute approximate surface area is 124 Å². The van der Waals surface area contributed by atoms with E-state index in [4.69, 9.17) is 0 Å². The number of nitro benzene ring substituents is 1. The van der Waals surface area contributed by atoms with Crippen molar-refractivity contribution >= 4 is 17.3 Å². The number of rotatable bonds is 6. The molecule has 1 aromatic rings. The minimum absolute atomic E-state index is 0.0149. The summed E-state index contributed by atoms with van der Waals surface area (Å²) in [5.41, 5.74) is 0.882. The molecule has 2 rings (SSSR count). The number of benzene rings is 1. The quantitative estimate of drug-likeness (QED) is 0.623. The molecule has 21 heavy (non-hydrogen) atoms. The molecule has 0 aliphatic heterocycles. The third-order valence-corrected chi connectivity index (χ3v) is 3.85. The van der Waals surface area contributed by atoms with E-state index in [0.717, 1.165) is 19.4 Å². The molecule has 1 saturated carbocycles. The smallest absolute Gasteiger partial charge is 0.292 e. The molecular weight excluding hydrogens is 270 g/mol. The average molecular weight is 291 g/mol. The fraction of sp³-hybridized carbons (Fsp3) is 0.533. The van der Waals surface area contributed by atoms with E-state index >= 15 is 0 Å². The third kappa shape index (κ3) is 3.93. The van der Waals surface area contributed by atoms with Crippen LogP contribution in [0.2, 0.25) is 0 Å². The van der Waals surface area contributed by atoms with Gasteiger partial charge in [0.25, 0.3) is 11.6 Å². The van der Waals surface area contributed by atoms with Crippen LogP contribution in [0, 0.1) is 16.0 Å². The van der Waals surface area contributed by atoms with Crippen LogP contribution in [0.15, 0.2) is 18.2 Å². The Balaban J connectivity index is 2.15. The van der Waals surface area contributed by atoms with Gasteiger partial charge in [0.2, 0.25) is 0 Å². The largest absolute Gasteiger partial charge is 0.379 e. The van der Waals surface area contributed by atoms with E-state index in [1.807, 2.05) is 6.92 Å². The number of carbonyl (C=O) groups excluding carboxylic acids is 1. The van der Waals surface area contributed by atoms with Crippen molar-refractivity contribution < 1.29 is 9.72 Å². The zero-order valence-corrected chi connectivity index (χ0v) is 12.2. The van der Waals surface area contributed by atoms with Gasteiger partial charge in [0.15, 0.2) is 0 Å². The van der Waals surface area contributed by atoms with Gasteiger partial charge in [0.1, 0.15) is 5.69 Å². The van der Waals surface area contributed by atoms with Crippen LogP contribution < -0.4 is 10.6 Å². The summed E-state index contributed by atoms with van der Waals surface area (Å²) < 4.78 is 0. The summed E-state index contributed by atoms with van der Waals surface area (Å²) in [6.45, 7) is 3.09. The minimum atomic E-state index is -0.418. The Kier molecular flexibility index (Phi) is 5.14. The highest BCUT2D eigenvalue weighted by Gasteiger charge is 2.19. The van der Waals surface area contributed by atoms with Crippen LogP contribution in [0.3, 0.4) is 0 Å². The van der Waals surface area contributed by atoms with Crippen molar-refractivity contribution in [1.82, 2.24) is 5.32 Å². The van der Waals surface area contributed by atoms with Gasteiger partial charge in [0.05, 0.1) is 4.92 Å². The molecule has 6 nitrogen and oxygen atoms in total. The first-order valence-electron chi connectivity index (χ1n) is 7.42. The van der Waals surface area contributed by atoms with Gasteiger partial charge in [-0.15, -0.1) is 0 Å². The number of amides is 1. The number of hydrogen-bond acceptors (Lipinski definition) is 4. The molecule has 2 N–H and O–H groups in total. The topological polar surface area (TPSA) is 84.3 Å². The molecule has 0 unspecified atom stereocenters. The summed E-state index contributed by atoms with van der Waals surface area (Å²) >= 11 is 0. The van der Waals surface area contributed by atoms with E-state index in [2.05, 4.69) is 10.6 Å². The van der Waals surface area contributed by atoms with Crippen LogP contribution in [0.25, 0.3) is 0 Å². The maximum absolute atomic E-state index is 11.8. The predicted octanol–water partition coefficient (Wildman–Crippen LogP) is 2.95. The number of carbonyl (C=O) groups is 1. The van der Waals surface area contributed by atoms with Crippen molar-refractivity contribution in [3.05, 3.63) is 33.9 Å². The highest BCUT2D eigenvalue weighted by molar-refractivity contribution is 5.95. The summed E-state index contributed by atoms with van der Waals surface area (Å²) in [7, 11) is 0. The Bertz CT molecular complexity index is 525. The van der Waals surface area contributed by atoms with Crippen LogP contribution in [-0.4, -0.2) is 23.9 Å². The summed E-state index contributed by atoms with van der Waals surface area (Å²) in [5, 5.41) is 16.9. The lowest BCUT2D eigenvalue weighted by atomic mass is 10.1. The van der Waals surface area contributed by atoms with Crippen LogP contribution >= 0.6 is 0 Å². The zero-order valence-electron chi connectivity index (χ0n) is 12.2. The molecule has 0 bridgehead atoms. The van der Waals surface area contributed by atoms with E-state index < -0.39 is 4.92 Å².